The summed E-state index contributed by atoms with van der Waals surface area (Å²) >= 11 is 6.18. The van der Waals surface area contributed by atoms with E-state index in [1.807, 2.05) is 37.4 Å². The molecule has 0 amide bonds. The van der Waals surface area contributed by atoms with E-state index in [1.54, 1.807) is 0 Å². The Morgan fingerprint density at radius 3 is 2.50 bits per heavy atom. The summed E-state index contributed by atoms with van der Waals surface area (Å²) in [7, 11) is 0. The molecule has 1 aromatic carbocycles. The van der Waals surface area contributed by atoms with E-state index in [1.165, 1.54) is 5.56 Å². The van der Waals surface area contributed by atoms with E-state index in [0.29, 0.717) is 0 Å². The zero-order chi connectivity index (χ0) is 11.5. The van der Waals surface area contributed by atoms with Gasteiger partial charge in [-0.05, 0) is 30.2 Å². The summed E-state index contributed by atoms with van der Waals surface area (Å²) in [5.41, 5.74) is 3.38. The molecule has 0 N–H and O–H groups in total. The molecule has 0 saturated heterocycles. The molecule has 0 saturated carbocycles. The molecule has 1 heterocycles. The standard InChI is InChI=1S/C14H14ClN/c1-10-7-8-12(9-16-10)11(2)13-5-3-4-6-14(13)15/h3-9,11H,1-2H3. The van der Waals surface area contributed by atoms with Crippen LogP contribution in [0.25, 0.3) is 0 Å². The van der Waals surface area contributed by atoms with Gasteiger partial charge in [0.25, 0.3) is 0 Å². The first-order valence-corrected chi connectivity index (χ1v) is 5.73. The SMILES string of the molecule is Cc1ccc(C(C)c2ccccc2Cl)cn1. The lowest BCUT2D eigenvalue weighted by molar-refractivity contribution is 0.907. The smallest absolute Gasteiger partial charge is 0.0444 e. The Hall–Kier alpha value is -1.34. The Morgan fingerprint density at radius 2 is 1.88 bits per heavy atom. The second-order valence-electron chi connectivity index (χ2n) is 3.98. The zero-order valence-corrected chi connectivity index (χ0v) is 10.2. The van der Waals surface area contributed by atoms with Crippen LogP contribution in [0.1, 0.15) is 29.7 Å². The molecule has 82 valence electrons. The van der Waals surface area contributed by atoms with Gasteiger partial charge in [-0.2, -0.15) is 0 Å². The highest BCUT2D eigenvalue weighted by Gasteiger charge is 2.11. The molecule has 1 unspecified atom stereocenters. The maximum absolute atomic E-state index is 6.18. The summed E-state index contributed by atoms with van der Waals surface area (Å²) in [5.74, 6) is 0.279. The van der Waals surface area contributed by atoms with Gasteiger partial charge in [-0.15, -0.1) is 0 Å². The lowest BCUT2D eigenvalue weighted by Crippen LogP contribution is -1.98. The second kappa shape index (κ2) is 4.67. The number of rotatable bonds is 2. The van der Waals surface area contributed by atoms with Crippen molar-refractivity contribution in [2.24, 2.45) is 0 Å². The number of hydrogen-bond donors (Lipinski definition) is 0. The quantitative estimate of drug-likeness (QED) is 0.755. The summed E-state index contributed by atoms with van der Waals surface area (Å²) in [6.07, 6.45) is 1.92. The number of aryl methyl sites for hydroxylation is 1. The van der Waals surface area contributed by atoms with Gasteiger partial charge in [0.2, 0.25) is 0 Å². The number of pyridine rings is 1. The van der Waals surface area contributed by atoms with E-state index < -0.39 is 0 Å². The van der Waals surface area contributed by atoms with Crippen LogP contribution < -0.4 is 0 Å². The van der Waals surface area contributed by atoms with Gasteiger partial charge < -0.3 is 0 Å². The molecule has 16 heavy (non-hydrogen) atoms. The van der Waals surface area contributed by atoms with Crippen molar-refractivity contribution in [1.29, 1.82) is 0 Å². The molecule has 0 radical (unpaired) electrons. The number of aromatic nitrogens is 1. The minimum Gasteiger partial charge on any atom is -0.261 e. The van der Waals surface area contributed by atoms with Crippen LogP contribution in [0, 0.1) is 6.92 Å². The Labute approximate surface area is 101 Å². The number of halogens is 1. The fourth-order valence-electron chi connectivity index (χ4n) is 1.74. The van der Waals surface area contributed by atoms with Crippen molar-refractivity contribution in [2.75, 3.05) is 0 Å². The van der Waals surface area contributed by atoms with Crippen LogP contribution in [-0.4, -0.2) is 4.98 Å². The fraction of sp³-hybridized carbons (Fsp3) is 0.214. The highest BCUT2D eigenvalue weighted by atomic mass is 35.5. The largest absolute Gasteiger partial charge is 0.261 e. The van der Waals surface area contributed by atoms with Crippen LogP contribution in [0.2, 0.25) is 5.02 Å². The summed E-state index contributed by atoms with van der Waals surface area (Å²) in [5, 5.41) is 0.815. The highest BCUT2D eigenvalue weighted by Crippen LogP contribution is 2.29. The number of nitrogens with zero attached hydrogens (tertiary/aromatic N) is 1. The molecule has 0 aliphatic rings. The summed E-state index contributed by atoms with van der Waals surface area (Å²) in [6.45, 7) is 4.14. The van der Waals surface area contributed by atoms with Crippen LogP contribution in [0.4, 0.5) is 0 Å². The van der Waals surface area contributed by atoms with Gasteiger partial charge in [0.1, 0.15) is 0 Å². The molecule has 0 aliphatic carbocycles. The number of hydrogen-bond acceptors (Lipinski definition) is 1. The van der Waals surface area contributed by atoms with E-state index in [0.717, 1.165) is 16.3 Å². The van der Waals surface area contributed by atoms with Crippen LogP contribution in [0.5, 0.6) is 0 Å². The molecule has 0 spiro atoms. The van der Waals surface area contributed by atoms with E-state index in [4.69, 9.17) is 11.6 Å². The number of benzene rings is 1. The molecular weight excluding hydrogens is 218 g/mol. The first kappa shape index (κ1) is 11.2. The Morgan fingerprint density at radius 1 is 1.12 bits per heavy atom. The van der Waals surface area contributed by atoms with Gasteiger partial charge in [0.15, 0.2) is 0 Å². The first-order chi connectivity index (χ1) is 7.68. The average Bonchev–Trinajstić information content (AvgIpc) is 2.30. The topological polar surface area (TPSA) is 12.9 Å². The fourth-order valence-corrected chi connectivity index (χ4v) is 2.04. The molecule has 2 heteroatoms. The molecule has 2 aromatic rings. The van der Waals surface area contributed by atoms with E-state index in [2.05, 4.69) is 24.0 Å². The van der Waals surface area contributed by atoms with Crippen molar-refractivity contribution in [2.45, 2.75) is 19.8 Å². The van der Waals surface area contributed by atoms with Crippen molar-refractivity contribution < 1.29 is 0 Å². The predicted octanol–water partition coefficient (Wildman–Crippen LogP) is 4.20. The van der Waals surface area contributed by atoms with E-state index in [9.17, 15) is 0 Å². The van der Waals surface area contributed by atoms with Crippen molar-refractivity contribution >= 4 is 11.6 Å². The van der Waals surface area contributed by atoms with E-state index >= 15 is 0 Å². The summed E-state index contributed by atoms with van der Waals surface area (Å²) in [6, 6.07) is 12.1. The Balaban J connectivity index is 2.35. The maximum atomic E-state index is 6.18. The predicted molar refractivity (Wildman–Crippen MR) is 67.9 cm³/mol. The molecule has 0 bridgehead atoms. The van der Waals surface area contributed by atoms with Crippen LogP contribution >= 0.6 is 11.6 Å². The second-order valence-corrected chi connectivity index (χ2v) is 4.38. The minimum atomic E-state index is 0.279. The lowest BCUT2D eigenvalue weighted by atomic mass is 9.94. The van der Waals surface area contributed by atoms with Gasteiger partial charge in [-0.3, -0.25) is 4.98 Å². The molecule has 1 atom stereocenters. The van der Waals surface area contributed by atoms with E-state index in [-0.39, 0.29) is 5.92 Å². The lowest BCUT2D eigenvalue weighted by Gasteiger charge is -2.13. The normalized spacial score (nSPS) is 12.4. The van der Waals surface area contributed by atoms with Crippen LogP contribution in [0.3, 0.4) is 0 Å². The van der Waals surface area contributed by atoms with Crippen LogP contribution in [0.15, 0.2) is 42.6 Å². The maximum Gasteiger partial charge on any atom is 0.0444 e. The molecule has 1 nitrogen and oxygen atoms in total. The van der Waals surface area contributed by atoms with Crippen molar-refractivity contribution in [3.8, 4) is 0 Å². The average molecular weight is 232 g/mol. The minimum absolute atomic E-state index is 0.279. The third-order valence-corrected chi connectivity index (χ3v) is 3.15. The van der Waals surface area contributed by atoms with Crippen molar-refractivity contribution in [3.05, 3.63) is 64.4 Å². The summed E-state index contributed by atoms with van der Waals surface area (Å²) < 4.78 is 0. The molecule has 2 rings (SSSR count). The van der Waals surface area contributed by atoms with Gasteiger partial charge in [0.05, 0.1) is 0 Å². The monoisotopic (exact) mass is 231 g/mol. The van der Waals surface area contributed by atoms with Crippen molar-refractivity contribution in [3.63, 3.8) is 0 Å². The van der Waals surface area contributed by atoms with Crippen LogP contribution in [-0.2, 0) is 0 Å². The van der Waals surface area contributed by atoms with Gasteiger partial charge >= 0.3 is 0 Å². The third kappa shape index (κ3) is 2.25. The zero-order valence-electron chi connectivity index (χ0n) is 9.44. The van der Waals surface area contributed by atoms with Crippen molar-refractivity contribution in [1.82, 2.24) is 4.98 Å². The Bertz CT molecular complexity index is 476. The molecular formula is C14H14ClN. The molecule has 1 aromatic heterocycles. The first-order valence-electron chi connectivity index (χ1n) is 5.35. The Kier molecular flexibility index (Phi) is 3.25. The van der Waals surface area contributed by atoms with Gasteiger partial charge in [-0.1, -0.05) is 42.8 Å². The molecule has 0 aliphatic heterocycles. The summed E-state index contributed by atoms with van der Waals surface area (Å²) in [4.78, 5) is 4.31. The van der Waals surface area contributed by atoms with Gasteiger partial charge in [0, 0.05) is 22.8 Å². The molecule has 0 fully saturated rings. The highest BCUT2D eigenvalue weighted by molar-refractivity contribution is 6.31. The van der Waals surface area contributed by atoms with Gasteiger partial charge in [-0.25, -0.2) is 0 Å². The third-order valence-electron chi connectivity index (χ3n) is 2.81.